The van der Waals surface area contributed by atoms with Gasteiger partial charge in [-0.3, -0.25) is 9.59 Å². The van der Waals surface area contributed by atoms with Gasteiger partial charge in [0, 0.05) is 12.0 Å². The highest BCUT2D eigenvalue weighted by molar-refractivity contribution is 5.97. The zero-order valence-corrected chi connectivity index (χ0v) is 14.1. The fourth-order valence-electron chi connectivity index (χ4n) is 2.26. The van der Waals surface area contributed by atoms with Crippen molar-refractivity contribution in [2.75, 3.05) is 6.61 Å². The summed E-state index contributed by atoms with van der Waals surface area (Å²) in [6, 6.07) is 15.0. The van der Waals surface area contributed by atoms with Crippen LogP contribution in [0.15, 0.2) is 48.5 Å². The molecule has 0 unspecified atom stereocenters. The van der Waals surface area contributed by atoms with Crippen LogP contribution in [0.5, 0.6) is 5.75 Å². The molecule has 0 aliphatic heterocycles. The Morgan fingerprint density at radius 3 is 2.33 bits per heavy atom. The normalized spacial score (nSPS) is 10.2. The number of Topliss-reactive ketones (excluding diaryl/α,β-unsaturated/α-hetero) is 1. The van der Waals surface area contributed by atoms with Gasteiger partial charge in [-0.25, -0.2) is 0 Å². The molecule has 0 aliphatic carbocycles. The van der Waals surface area contributed by atoms with Crippen LogP contribution in [0.2, 0.25) is 0 Å². The Bertz CT molecular complexity index is 689. The lowest BCUT2D eigenvalue weighted by atomic mass is 10.1. The summed E-state index contributed by atoms with van der Waals surface area (Å²) in [5, 5.41) is 0. The van der Waals surface area contributed by atoms with Gasteiger partial charge in [-0.05, 0) is 49.2 Å². The minimum absolute atomic E-state index is 0.0755. The van der Waals surface area contributed by atoms with Gasteiger partial charge in [0.15, 0.2) is 5.78 Å². The third kappa shape index (κ3) is 5.23. The van der Waals surface area contributed by atoms with E-state index in [1.165, 1.54) is 5.56 Å². The molecule has 0 fully saturated rings. The van der Waals surface area contributed by atoms with Gasteiger partial charge in [0.25, 0.3) is 0 Å². The maximum atomic E-state index is 12.0. The molecule has 0 N–H and O–H groups in total. The fraction of sp³-hybridized carbons (Fsp3) is 0.300. The largest absolute Gasteiger partial charge is 0.489 e. The summed E-state index contributed by atoms with van der Waals surface area (Å²) in [4.78, 5) is 23.3. The van der Waals surface area contributed by atoms with E-state index in [1.54, 1.807) is 31.2 Å². The topological polar surface area (TPSA) is 52.6 Å². The van der Waals surface area contributed by atoms with Gasteiger partial charge in [0.05, 0.1) is 13.0 Å². The molecule has 0 atom stereocenters. The highest BCUT2D eigenvalue weighted by Gasteiger charge is 2.10. The molecule has 0 aromatic heterocycles. The third-order valence-electron chi connectivity index (χ3n) is 3.69. The van der Waals surface area contributed by atoms with Crippen molar-refractivity contribution in [2.45, 2.75) is 33.3 Å². The van der Waals surface area contributed by atoms with Crippen molar-refractivity contribution in [1.29, 1.82) is 0 Å². The zero-order valence-electron chi connectivity index (χ0n) is 14.1. The molecule has 0 spiro atoms. The Balaban J connectivity index is 1.87. The Morgan fingerprint density at radius 2 is 1.67 bits per heavy atom. The van der Waals surface area contributed by atoms with Crippen LogP contribution in [-0.2, 0) is 16.1 Å². The fourth-order valence-corrected chi connectivity index (χ4v) is 2.26. The number of hydrogen-bond donors (Lipinski definition) is 0. The van der Waals surface area contributed by atoms with Gasteiger partial charge in [0.2, 0.25) is 0 Å². The monoisotopic (exact) mass is 326 g/mol. The minimum Gasteiger partial charge on any atom is -0.489 e. The molecule has 2 rings (SSSR count). The van der Waals surface area contributed by atoms with Crippen molar-refractivity contribution in [3.63, 3.8) is 0 Å². The Labute approximate surface area is 142 Å². The molecule has 0 saturated carbocycles. The van der Waals surface area contributed by atoms with E-state index in [2.05, 4.69) is 0 Å². The molecule has 126 valence electrons. The van der Waals surface area contributed by atoms with Crippen molar-refractivity contribution in [1.82, 2.24) is 0 Å². The predicted molar refractivity (Wildman–Crippen MR) is 92.2 cm³/mol. The van der Waals surface area contributed by atoms with E-state index in [0.29, 0.717) is 24.5 Å². The molecule has 24 heavy (non-hydrogen) atoms. The SMILES string of the molecule is CCOC(=O)CCC(=O)c1ccc(OCc2ccccc2C)cc1. The Morgan fingerprint density at radius 1 is 0.958 bits per heavy atom. The maximum absolute atomic E-state index is 12.0. The zero-order chi connectivity index (χ0) is 17.4. The maximum Gasteiger partial charge on any atom is 0.306 e. The average Bonchev–Trinajstić information content (AvgIpc) is 2.60. The highest BCUT2D eigenvalue weighted by Crippen LogP contribution is 2.17. The van der Waals surface area contributed by atoms with E-state index in [4.69, 9.17) is 9.47 Å². The lowest BCUT2D eigenvalue weighted by Crippen LogP contribution is -2.08. The second-order valence-corrected chi connectivity index (χ2v) is 5.47. The summed E-state index contributed by atoms with van der Waals surface area (Å²) in [5.41, 5.74) is 2.89. The van der Waals surface area contributed by atoms with E-state index in [-0.39, 0.29) is 24.6 Å². The number of hydrogen-bond acceptors (Lipinski definition) is 4. The molecule has 0 radical (unpaired) electrons. The van der Waals surface area contributed by atoms with Crippen molar-refractivity contribution in [3.05, 3.63) is 65.2 Å². The molecule has 4 heteroatoms. The molecule has 2 aromatic rings. The molecule has 0 aliphatic rings. The Kier molecular flexibility index (Phi) is 6.55. The first-order valence-electron chi connectivity index (χ1n) is 8.06. The quantitative estimate of drug-likeness (QED) is 0.541. The summed E-state index contributed by atoms with van der Waals surface area (Å²) >= 11 is 0. The number of aryl methyl sites for hydroxylation is 1. The van der Waals surface area contributed by atoms with Gasteiger partial charge in [-0.15, -0.1) is 0 Å². The van der Waals surface area contributed by atoms with Crippen LogP contribution >= 0.6 is 0 Å². The summed E-state index contributed by atoms with van der Waals surface area (Å²) in [6.45, 7) is 4.61. The molecule has 2 aromatic carbocycles. The van der Waals surface area contributed by atoms with E-state index < -0.39 is 0 Å². The summed E-state index contributed by atoms with van der Waals surface area (Å²) in [6.07, 6.45) is 0.264. The second-order valence-electron chi connectivity index (χ2n) is 5.47. The van der Waals surface area contributed by atoms with Crippen LogP contribution in [0, 0.1) is 6.92 Å². The van der Waals surface area contributed by atoms with Gasteiger partial charge < -0.3 is 9.47 Å². The lowest BCUT2D eigenvalue weighted by molar-refractivity contribution is -0.143. The first-order chi connectivity index (χ1) is 11.6. The lowest BCUT2D eigenvalue weighted by Gasteiger charge is -2.09. The standard InChI is InChI=1S/C20H22O4/c1-3-23-20(22)13-12-19(21)16-8-10-18(11-9-16)24-14-17-7-5-4-6-15(17)2/h4-11H,3,12-14H2,1-2H3. The second kappa shape index (κ2) is 8.87. The van der Waals surface area contributed by atoms with Crippen LogP contribution < -0.4 is 4.74 Å². The molecule has 0 heterocycles. The number of rotatable bonds is 8. The van der Waals surface area contributed by atoms with Crippen molar-refractivity contribution < 1.29 is 19.1 Å². The van der Waals surface area contributed by atoms with Crippen LogP contribution in [0.4, 0.5) is 0 Å². The number of carbonyl (C=O) groups is 2. The molecule has 0 amide bonds. The van der Waals surface area contributed by atoms with Crippen molar-refractivity contribution in [3.8, 4) is 5.75 Å². The van der Waals surface area contributed by atoms with Crippen LogP contribution in [-0.4, -0.2) is 18.4 Å². The first kappa shape index (κ1) is 17.7. The van der Waals surface area contributed by atoms with Gasteiger partial charge in [-0.1, -0.05) is 24.3 Å². The number of ether oxygens (including phenoxy) is 2. The molecule has 0 saturated heterocycles. The van der Waals surface area contributed by atoms with Crippen LogP contribution in [0.25, 0.3) is 0 Å². The van der Waals surface area contributed by atoms with E-state index in [0.717, 1.165) is 5.56 Å². The van der Waals surface area contributed by atoms with Gasteiger partial charge >= 0.3 is 5.97 Å². The molecular formula is C20H22O4. The van der Waals surface area contributed by atoms with Crippen molar-refractivity contribution >= 4 is 11.8 Å². The van der Waals surface area contributed by atoms with E-state index in [1.807, 2.05) is 31.2 Å². The molecule has 0 bridgehead atoms. The predicted octanol–water partition coefficient (Wildman–Crippen LogP) is 4.10. The van der Waals surface area contributed by atoms with Gasteiger partial charge in [0.1, 0.15) is 12.4 Å². The number of benzene rings is 2. The number of ketones is 1. The summed E-state index contributed by atoms with van der Waals surface area (Å²) in [5.74, 6) is 0.290. The molecule has 4 nitrogen and oxygen atoms in total. The van der Waals surface area contributed by atoms with Crippen LogP contribution in [0.3, 0.4) is 0 Å². The smallest absolute Gasteiger partial charge is 0.306 e. The third-order valence-corrected chi connectivity index (χ3v) is 3.69. The first-order valence-corrected chi connectivity index (χ1v) is 8.06. The van der Waals surface area contributed by atoms with Crippen molar-refractivity contribution in [2.24, 2.45) is 0 Å². The summed E-state index contributed by atoms with van der Waals surface area (Å²) in [7, 11) is 0. The minimum atomic E-state index is -0.343. The van der Waals surface area contributed by atoms with Crippen LogP contribution in [0.1, 0.15) is 41.3 Å². The molecular weight excluding hydrogens is 304 g/mol. The Hall–Kier alpha value is -2.62. The van der Waals surface area contributed by atoms with E-state index in [9.17, 15) is 9.59 Å². The van der Waals surface area contributed by atoms with Gasteiger partial charge in [-0.2, -0.15) is 0 Å². The highest BCUT2D eigenvalue weighted by atomic mass is 16.5. The summed E-state index contributed by atoms with van der Waals surface area (Å²) < 4.78 is 10.6. The van der Waals surface area contributed by atoms with E-state index >= 15 is 0 Å². The average molecular weight is 326 g/mol. The number of esters is 1. The number of carbonyl (C=O) groups excluding carboxylic acids is 2.